The highest BCUT2D eigenvalue weighted by atomic mass is 35.5. The lowest BCUT2D eigenvalue weighted by atomic mass is 10.2. The maximum absolute atomic E-state index is 12.4. The summed E-state index contributed by atoms with van der Waals surface area (Å²) in [6.07, 6.45) is 1.30. The van der Waals surface area contributed by atoms with Crippen molar-refractivity contribution in [2.45, 2.75) is 0 Å². The summed E-state index contributed by atoms with van der Waals surface area (Å²) in [5, 5.41) is 6.94. The molecule has 0 aliphatic carbocycles. The Labute approximate surface area is 199 Å². The summed E-state index contributed by atoms with van der Waals surface area (Å²) in [5.41, 5.74) is 3.27. The van der Waals surface area contributed by atoms with E-state index in [1.807, 2.05) is 0 Å². The van der Waals surface area contributed by atoms with E-state index in [1.165, 1.54) is 19.4 Å². The van der Waals surface area contributed by atoms with Gasteiger partial charge in [0.2, 0.25) is 0 Å². The number of amides is 2. The number of hydrogen-bond donors (Lipinski definition) is 2. The van der Waals surface area contributed by atoms with Crippen molar-refractivity contribution in [2.24, 2.45) is 5.10 Å². The minimum Gasteiger partial charge on any atom is -0.493 e. The largest absolute Gasteiger partial charge is 0.493 e. The fourth-order valence-electron chi connectivity index (χ4n) is 2.57. The van der Waals surface area contributed by atoms with Crippen LogP contribution in [0.25, 0.3) is 0 Å². The van der Waals surface area contributed by atoms with Crippen LogP contribution in [-0.2, 0) is 9.59 Å². The number of carbonyl (C=O) groups is 3. The highest BCUT2D eigenvalue weighted by Gasteiger charge is 2.16. The number of benzene rings is 3. The molecule has 0 fully saturated rings. The van der Waals surface area contributed by atoms with E-state index in [1.54, 1.807) is 60.7 Å². The molecule has 0 saturated carbocycles. The van der Waals surface area contributed by atoms with E-state index < -0.39 is 17.8 Å². The molecule has 0 heterocycles. The second-order valence-electron chi connectivity index (χ2n) is 6.44. The minimum absolute atomic E-state index is 0.172. The highest BCUT2D eigenvalue weighted by molar-refractivity contribution is 6.39. The SMILES string of the molecule is COc1cc(/C=N\NC(=O)C(=O)Nc2ccc(Cl)cc2)ccc1OC(=O)c1ccccc1Cl. The molecule has 0 spiro atoms. The highest BCUT2D eigenvalue weighted by Crippen LogP contribution is 2.29. The van der Waals surface area contributed by atoms with Crippen LogP contribution in [0.4, 0.5) is 5.69 Å². The Morgan fingerprint density at radius 3 is 2.33 bits per heavy atom. The number of hydrogen-bond acceptors (Lipinski definition) is 6. The van der Waals surface area contributed by atoms with E-state index in [-0.39, 0.29) is 22.1 Å². The van der Waals surface area contributed by atoms with Gasteiger partial charge in [-0.2, -0.15) is 5.10 Å². The van der Waals surface area contributed by atoms with Crippen LogP contribution in [0.15, 0.2) is 71.8 Å². The molecule has 3 aromatic carbocycles. The maximum Gasteiger partial charge on any atom is 0.345 e. The first-order chi connectivity index (χ1) is 15.9. The zero-order valence-corrected chi connectivity index (χ0v) is 18.7. The molecule has 0 unspecified atom stereocenters. The normalized spacial score (nSPS) is 10.5. The number of nitrogens with one attached hydrogen (secondary N) is 2. The summed E-state index contributed by atoms with van der Waals surface area (Å²) in [6.45, 7) is 0. The lowest BCUT2D eigenvalue weighted by molar-refractivity contribution is -0.136. The second-order valence-corrected chi connectivity index (χ2v) is 7.28. The van der Waals surface area contributed by atoms with E-state index >= 15 is 0 Å². The fraction of sp³-hybridized carbons (Fsp3) is 0.0435. The Balaban J connectivity index is 1.61. The van der Waals surface area contributed by atoms with Crippen molar-refractivity contribution in [1.29, 1.82) is 0 Å². The molecule has 0 radical (unpaired) electrons. The van der Waals surface area contributed by atoms with Crippen molar-refractivity contribution in [3.63, 3.8) is 0 Å². The summed E-state index contributed by atoms with van der Waals surface area (Å²) in [7, 11) is 1.41. The number of ether oxygens (including phenoxy) is 2. The number of halogens is 2. The summed E-state index contributed by atoms with van der Waals surface area (Å²) < 4.78 is 10.6. The number of rotatable bonds is 6. The monoisotopic (exact) mass is 485 g/mol. The Kier molecular flexibility index (Phi) is 8.01. The number of anilines is 1. The molecule has 0 aromatic heterocycles. The van der Waals surface area contributed by atoms with Crippen LogP contribution in [-0.4, -0.2) is 31.1 Å². The summed E-state index contributed by atoms with van der Waals surface area (Å²) >= 11 is 11.8. The van der Waals surface area contributed by atoms with Gasteiger partial charge in [0.25, 0.3) is 0 Å². The van der Waals surface area contributed by atoms with Gasteiger partial charge in [0.05, 0.1) is 23.9 Å². The lowest BCUT2D eigenvalue weighted by Crippen LogP contribution is -2.32. The number of methoxy groups -OCH3 is 1. The Bertz CT molecular complexity index is 1210. The molecule has 3 aromatic rings. The quantitative estimate of drug-likeness (QED) is 0.178. The van der Waals surface area contributed by atoms with Crippen LogP contribution in [0, 0.1) is 0 Å². The van der Waals surface area contributed by atoms with Crippen LogP contribution in [0.3, 0.4) is 0 Å². The van der Waals surface area contributed by atoms with Gasteiger partial charge >= 0.3 is 17.8 Å². The second kappa shape index (κ2) is 11.1. The molecule has 2 N–H and O–H groups in total. The average Bonchev–Trinajstić information content (AvgIpc) is 2.81. The molecular formula is C23H17Cl2N3O5. The Hall–Kier alpha value is -3.88. The lowest BCUT2D eigenvalue weighted by Gasteiger charge is -2.10. The Morgan fingerprint density at radius 2 is 1.64 bits per heavy atom. The molecule has 168 valence electrons. The van der Waals surface area contributed by atoms with Gasteiger partial charge in [-0.05, 0) is 60.2 Å². The Morgan fingerprint density at radius 1 is 0.909 bits per heavy atom. The minimum atomic E-state index is -0.960. The van der Waals surface area contributed by atoms with Gasteiger partial charge in [0, 0.05) is 10.7 Å². The first-order valence-electron chi connectivity index (χ1n) is 9.42. The molecular weight excluding hydrogens is 469 g/mol. The zero-order valence-electron chi connectivity index (χ0n) is 17.2. The van der Waals surface area contributed by atoms with E-state index in [2.05, 4.69) is 15.8 Å². The molecule has 0 aliphatic rings. The van der Waals surface area contributed by atoms with Gasteiger partial charge in [0.15, 0.2) is 11.5 Å². The predicted molar refractivity (Wildman–Crippen MR) is 125 cm³/mol. The van der Waals surface area contributed by atoms with Gasteiger partial charge in [-0.25, -0.2) is 10.2 Å². The van der Waals surface area contributed by atoms with Crippen LogP contribution in [0.1, 0.15) is 15.9 Å². The number of nitrogens with zero attached hydrogens (tertiary/aromatic N) is 1. The molecule has 0 bridgehead atoms. The predicted octanol–water partition coefficient (Wildman–Crippen LogP) is 4.31. The van der Waals surface area contributed by atoms with E-state index in [0.717, 1.165) is 0 Å². The van der Waals surface area contributed by atoms with E-state index in [0.29, 0.717) is 16.3 Å². The summed E-state index contributed by atoms with van der Waals surface area (Å²) in [5.74, 6) is -2.07. The van der Waals surface area contributed by atoms with Gasteiger partial charge in [-0.15, -0.1) is 0 Å². The molecule has 33 heavy (non-hydrogen) atoms. The van der Waals surface area contributed by atoms with Crippen molar-refractivity contribution in [1.82, 2.24) is 5.43 Å². The fourth-order valence-corrected chi connectivity index (χ4v) is 2.91. The van der Waals surface area contributed by atoms with E-state index in [4.69, 9.17) is 32.7 Å². The molecule has 2 amide bonds. The first-order valence-corrected chi connectivity index (χ1v) is 10.2. The van der Waals surface area contributed by atoms with Gasteiger partial charge in [-0.3, -0.25) is 9.59 Å². The van der Waals surface area contributed by atoms with Gasteiger partial charge in [0.1, 0.15) is 0 Å². The first kappa shape index (κ1) is 23.8. The van der Waals surface area contributed by atoms with Crippen LogP contribution < -0.4 is 20.2 Å². The summed E-state index contributed by atoms with van der Waals surface area (Å²) in [4.78, 5) is 36.2. The van der Waals surface area contributed by atoms with Crippen molar-refractivity contribution in [3.8, 4) is 11.5 Å². The average molecular weight is 486 g/mol. The number of esters is 1. The molecule has 0 saturated heterocycles. The molecule has 10 heteroatoms. The van der Waals surface area contributed by atoms with Crippen molar-refractivity contribution in [3.05, 3.63) is 87.9 Å². The molecule has 8 nitrogen and oxygen atoms in total. The van der Waals surface area contributed by atoms with Crippen molar-refractivity contribution < 1.29 is 23.9 Å². The number of hydrazone groups is 1. The number of carbonyl (C=O) groups excluding carboxylic acids is 3. The molecule has 3 rings (SSSR count). The van der Waals surface area contributed by atoms with Crippen LogP contribution in [0.5, 0.6) is 11.5 Å². The molecule has 0 aliphatic heterocycles. The van der Waals surface area contributed by atoms with Crippen molar-refractivity contribution >= 4 is 52.9 Å². The maximum atomic E-state index is 12.4. The van der Waals surface area contributed by atoms with E-state index in [9.17, 15) is 14.4 Å². The van der Waals surface area contributed by atoms with Crippen LogP contribution in [0.2, 0.25) is 10.0 Å². The zero-order chi connectivity index (χ0) is 23.8. The van der Waals surface area contributed by atoms with Gasteiger partial charge in [-0.1, -0.05) is 35.3 Å². The van der Waals surface area contributed by atoms with Crippen molar-refractivity contribution in [2.75, 3.05) is 12.4 Å². The third-order valence-corrected chi connectivity index (χ3v) is 4.75. The molecule has 0 atom stereocenters. The van der Waals surface area contributed by atoms with Crippen LogP contribution >= 0.6 is 23.2 Å². The van der Waals surface area contributed by atoms with Gasteiger partial charge < -0.3 is 14.8 Å². The smallest absolute Gasteiger partial charge is 0.345 e. The topological polar surface area (TPSA) is 106 Å². The summed E-state index contributed by atoms with van der Waals surface area (Å²) in [6, 6.07) is 17.4. The third-order valence-electron chi connectivity index (χ3n) is 4.17. The standard InChI is InChI=1S/C23H17Cl2N3O5/c1-32-20-12-14(6-11-19(20)33-23(31)17-4-2-3-5-18(17)25)13-26-28-22(30)21(29)27-16-9-7-15(24)8-10-16/h2-13H,1H3,(H,27,29)(H,28,30)/b26-13-. The third kappa shape index (κ3) is 6.55.